The van der Waals surface area contributed by atoms with Gasteiger partial charge in [0.25, 0.3) is 11.7 Å². The Labute approximate surface area is 120 Å². The first-order chi connectivity index (χ1) is 9.84. The van der Waals surface area contributed by atoms with Crippen LogP contribution in [-0.4, -0.2) is 43.1 Å². The standard InChI is InChI=1S/C14H14F2N2O3/c1-17(2)10(19)4-3-7-18-12-9(16)6-5-8(15)11(12)13(20)14(18)21/h5-6H,3-4,7H2,1-2H3. The van der Waals surface area contributed by atoms with E-state index >= 15 is 0 Å². The number of rotatable bonds is 4. The molecule has 1 heterocycles. The first kappa shape index (κ1) is 15.1. The van der Waals surface area contributed by atoms with Crippen molar-refractivity contribution in [2.24, 2.45) is 0 Å². The summed E-state index contributed by atoms with van der Waals surface area (Å²) in [4.78, 5) is 37.3. The molecule has 0 aromatic heterocycles. The van der Waals surface area contributed by atoms with E-state index in [1.165, 1.54) is 4.90 Å². The Hall–Kier alpha value is -2.31. The molecule has 0 atom stereocenters. The van der Waals surface area contributed by atoms with Gasteiger partial charge in [-0.25, -0.2) is 8.78 Å². The van der Waals surface area contributed by atoms with E-state index in [4.69, 9.17) is 0 Å². The van der Waals surface area contributed by atoms with E-state index in [-0.39, 0.29) is 31.0 Å². The Balaban J connectivity index is 2.20. The fourth-order valence-electron chi connectivity index (χ4n) is 2.18. The minimum atomic E-state index is -1.05. The number of nitrogens with zero attached hydrogens (tertiary/aromatic N) is 2. The first-order valence-electron chi connectivity index (χ1n) is 6.39. The molecule has 1 aliphatic heterocycles. The van der Waals surface area contributed by atoms with E-state index in [1.54, 1.807) is 14.1 Å². The van der Waals surface area contributed by atoms with Gasteiger partial charge in [-0.1, -0.05) is 0 Å². The number of halogens is 2. The van der Waals surface area contributed by atoms with E-state index in [0.717, 1.165) is 17.0 Å². The number of amides is 2. The molecular weight excluding hydrogens is 282 g/mol. The Morgan fingerprint density at radius 3 is 2.43 bits per heavy atom. The number of hydrogen-bond acceptors (Lipinski definition) is 3. The van der Waals surface area contributed by atoms with E-state index in [9.17, 15) is 23.2 Å². The van der Waals surface area contributed by atoms with Gasteiger partial charge in [0.05, 0.1) is 11.3 Å². The van der Waals surface area contributed by atoms with Gasteiger partial charge >= 0.3 is 0 Å². The third kappa shape index (κ3) is 2.63. The molecule has 0 unspecified atom stereocenters. The van der Waals surface area contributed by atoms with Gasteiger partial charge < -0.3 is 9.80 Å². The highest BCUT2D eigenvalue weighted by Crippen LogP contribution is 2.33. The molecule has 1 aliphatic rings. The highest BCUT2D eigenvalue weighted by atomic mass is 19.1. The van der Waals surface area contributed by atoms with Crippen LogP contribution in [0.1, 0.15) is 23.2 Å². The quantitative estimate of drug-likeness (QED) is 0.788. The zero-order valence-electron chi connectivity index (χ0n) is 11.7. The molecule has 0 radical (unpaired) electrons. The monoisotopic (exact) mass is 296 g/mol. The molecule has 5 nitrogen and oxygen atoms in total. The average Bonchev–Trinajstić information content (AvgIpc) is 2.68. The van der Waals surface area contributed by atoms with Crippen molar-refractivity contribution in [3.8, 4) is 0 Å². The van der Waals surface area contributed by atoms with E-state index in [1.807, 2.05) is 0 Å². The largest absolute Gasteiger partial charge is 0.349 e. The molecule has 0 N–H and O–H groups in total. The van der Waals surface area contributed by atoms with Gasteiger partial charge in [0.1, 0.15) is 11.6 Å². The van der Waals surface area contributed by atoms with Gasteiger partial charge in [0.15, 0.2) is 0 Å². The summed E-state index contributed by atoms with van der Waals surface area (Å²) in [6, 6.07) is 1.69. The van der Waals surface area contributed by atoms with Crippen molar-refractivity contribution in [3.63, 3.8) is 0 Å². The summed E-state index contributed by atoms with van der Waals surface area (Å²) in [5.74, 6) is -3.92. The van der Waals surface area contributed by atoms with E-state index in [0.29, 0.717) is 0 Å². The topological polar surface area (TPSA) is 57.7 Å². The molecule has 2 rings (SSSR count). The van der Waals surface area contributed by atoms with Crippen LogP contribution in [-0.2, 0) is 9.59 Å². The summed E-state index contributed by atoms with van der Waals surface area (Å²) in [5, 5.41) is 0. The van der Waals surface area contributed by atoms with Crippen molar-refractivity contribution >= 4 is 23.3 Å². The highest BCUT2D eigenvalue weighted by molar-refractivity contribution is 6.52. The minimum absolute atomic E-state index is 0.0163. The molecule has 0 saturated heterocycles. The fraction of sp³-hybridized carbons (Fsp3) is 0.357. The predicted octanol–water partition coefficient (Wildman–Crippen LogP) is 1.36. The summed E-state index contributed by atoms with van der Waals surface area (Å²) < 4.78 is 27.4. The molecule has 1 aromatic carbocycles. The smallest absolute Gasteiger partial charge is 0.299 e. The molecular formula is C14H14F2N2O3. The number of Topliss-reactive ketones (excluding diaryl/α,β-unsaturated/α-hetero) is 1. The molecule has 1 aromatic rings. The van der Waals surface area contributed by atoms with Gasteiger partial charge in [-0.05, 0) is 18.6 Å². The van der Waals surface area contributed by atoms with Crippen molar-refractivity contribution < 1.29 is 23.2 Å². The molecule has 21 heavy (non-hydrogen) atoms. The second-order valence-corrected chi connectivity index (χ2v) is 4.93. The second kappa shape index (κ2) is 5.59. The third-order valence-corrected chi connectivity index (χ3v) is 3.29. The van der Waals surface area contributed by atoms with Crippen molar-refractivity contribution in [2.45, 2.75) is 12.8 Å². The zero-order valence-corrected chi connectivity index (χ0v) is 11.7. The van der Waals surface area contributed by atoms with Gasteiger partial charge in [-0.3, -0.25) is 14.4 Å². The van der Waals surface area contributed by atoms with Crippen LogP contribution in [0, 0.1) is 11.6 Å². The van der Waals surface area contributed by atoms with Gasteiger partial charge in [-0.15, -0.1) is 0 Å². The Morgan fingerprint density at radius 1 is 1.19 bits per heavy atom. The maximum Gasteiger partial charge on any atom is 0.299 e. The van der Waals surface area contributed by atoms with Crippen LogP contribution in [0.2, 0.25) is 0 Å². The lowest BCUT2D eigenvalue weighted by Gasteiger charge is -2.17. The summed E-state index contributed by atoms with van der Waals surface area (Å²) in [6.07, 6.45) is 0.405. The fourth-order valence-corrected chi connectivity index (χ4v) is 2.18. The van der Waals surface area contributed by atoms with Gasteiger partial charge in [0.2, 0.25) is 5.91 Å². The molecule has 112 valence electrons. The minimum Gasteiger partial charge on any atom is -0.349 e. The van der Waals surface area contributed by atoms with Crippen LogP contribution in [0.25, 0.3) is 0 Å². The predicted molar refractivity (Wildman–Crippen MR) is 71.0 cm³/mol. The molecule has 7 heteroatoms. The number of hydrogen-bond donors (Lipinski definition) is 0. The van der Waals surface area contributed by atoms with Crippen LogP contribution in [0.3, 0.4) is 0 Å². The number of benzene rings is 1. The molecule has 0 bridgehead atoms. The number of fused-ring (bicyclic) bond motifs is 1. The molecule has 0 saturated carbocycles. The molecule has 0 aliphatic carbocycles. The number of ketones is 1. The zero-order chi connectivity index (χ0) is 15.7. The average molecular weight is 296 g/mol. The Bertz CT molecular complexity index is 629. The van der Waals surface area contributed by atoms with Crippen molar-refractivity contribution in [3.05, 3.63) is 29.3 Å². The van der Waals surface area contributed by atoms with E-state index in [2.05, 4.69) is 0 Å². The summed E-state index contributed by atoms with van der Waals surface area (Å²) >= 11 is 0. The molecule has 0 fully saturated rings. The van der Waals surface area contributed by atoms with Gasteiger partial charge in [0, 0.05) is 27.1 Å². The van der Waals surface area contributed by atoms with Crippen LogP contribution >= 0.6 is 0 Å². The SMILES string of the molecule is CN(C)C(=O)CCCN1C(=O)C(=O)c2c(F)ccc(F)c21. The van der Waals surface area contributed by atoms with Crippen LogP contribution in [0.4, 0.5) is 14.5 Å². The van der Waals surface area contributed by atoms with Crippen molar-refractivity contribution in [1.82, 2.24) is 4.90 Å². The summed E-state index contributed by atoms with van der Waals surface area (Å²) in [5.41, 5.74) is -0.860. The number of carbonyl (C=O) groups excluding carboxylic acids is 3. The molecule has 0 spiro atoms. The lowest BCUT2D eigenvalue weighted by Crippen LogP contribution is -2.32. The number of anilines is 1. The first-order valence-corrected chi connectivity index (χ1v) is 6.39. The Kier molecular flexibility index (Phi) is 4.02. The lowest BCUT2D eigenvalue weighted by atomic mass is 10.1. The summed E-state index contributed by atoms with van der Waals surface area (Å²) in [6.45, 7) is -0.0163. The van der Waals surface area contributed by atoms with Crippen molar-refractivity contribution in [1.29, 1.82) is 0 Å². The maximum atomic E-state index is 13.8. The maximum absolute atomic E-state index is 13.8. The lowest BCUT2D eigenvalue weighted by molar-refractivity contribution is -0.128. The van der Waals surface area contributed by atoms with Crippen molar-refractivity contribution in [2.75, 3.05) is 25.5 Å². The third-order valence-electron chi connectivity index (χ3n) is 3.29. The highest BCUT2D eigenvalue weighted by Gasteiger charge is 2.40. The van der Waals surface area contributed by atoms with Crippen LogP contribution in [0.15, 0.2) is 12.1 Å². The molecule has 2 amide bonds. The summed E-state index contributed by atoms with van der Waals surface area (Å²) in [7, 11) is 3.19. The van der Waals surface area contributed by atoms with Gasteiger partial charge in [-0.2, -0.15) is 0 Å². The number of carbonyl (C=O) groups is 3. The van der Waals surface area contributed by atoms with Crippen LogP contribution < -0.4 is 4.90 Å². The van der Waals surface area contributed by atoms with Crippen LogP contribution in [0.5, 0.6) is 0 Å². The second-order valence-electron chi connectivity index (χ2n) is 4.93. The van der Waals surface area contributed by atoms with E-state index < -0.39 is 28.9 Å². The normalized spacial score (nSPS) is 13.6. The Morgan fingerprint density at radius 2 is 1.81 bits per heavy atom.